The summed E-state index contributed by atoms with van der Waals surface area (Å²) in [6, 6.07) is 12.9. The van der Waals surface area contributed by atoms with Crippen LogP contribution in [0.2, 0.25) is 0 Å². The fourth-order valence-electron chi connectivity index (χ4n) is 4.93. The second kappa shape index (κ2) is 17.6. The van der Waals surface area contributed by atoms with Crippen molar-refractivity contribution in [2.75, 3.05) is 18.6 Å². The molecule has 0 unspecified atom stereocenters. The summed E-state index contributed by atoms with van der Waals surface area (Å²) in [5.74, 6) is 12.2. The summed E-state index contributed by atoms with van der Waals surface area (Å²) >= 11 is 0. The first-order chi connectivity index (χ1) is 21.7. The number of amides is 1. The number of anilines is 1. The Labute approximate surface area is 263 Å². The zero-order valence-corrected chi connectivity index (χ0v) is 25.9. The Morgan fingerprint density at radius 2 is 1.87 bits per heavy atom. The molecule has 4 rings (SSSR count). The van der Waals surface area contributed by atoms with Crippen LogP contribution in [0.3, 0.4) is 0 Å². The van der Waals surface area contributed by atoms with Crippen LogP contribution in [-0.4, -0.2) is 49.0 Å². The number of pyridine rings is 1. The first kappa shape index (κ1) is 34.9. The molecule has 0 radical (unpaired) electrons. The summed E-state index contributed by atoms with van der Waals surface area (Å²) in [5.41, 5.74) is 7.54. The van der Waals surface area contributed by atoms with Crippen molar-refractivity contribution < 1.29 is 27.3 Å². The average molecular weight is 637 g/mol. The summed E-state index contributed by atoms with van der Waals surface area (Å²) in [7, 11) is -4.28. The van der Waals surface area contributed by atoms with Gasteiger partial charge in [-0.3, -0.25) is 14.1 Å². The van der Waals surface area contributed by atoms with E-state index in [1.54, 1.807) is 12.1 Å². The molecule has 2 aromatic carbocycles. The Hall–Kier alpha value is -4.59. The van der Waals surface area contributed by atoms with Gasteiger partial charge in [0.15, 0.2) is 6.29 Å². The molecule has 0 spiro atoms. The molecule has 0 atom stereocenters. The van der Waals surface area contributed by atoms with Crippen molar-refractivity contribution in [1.29, 1.82) is 0 Å². The van der Waals surface area contributed by atoms with E-state index >= 15 is 0 Å². The molecule has 1 amide bonds. The number of hydrazine groups is 1. The molecule has 0 saturated carbocycles. The second-order valence-corrected chi connectivity index (χ2v) is 11.6. The normalized spacial score (nSPS) is 13.2. The largest absolute Gasteiger partial charge is 0.493 e. The number of carbonyl (C=O) groups is 2. The quantitative estimate of drug-likeness (QED) is 0.0426. The standard InChI is InChI=1S/C25H34N6O2.C7H6O4S/c1-2-8-21-19-9-7-10-22(30-26)20(19)12-13-23(21)33-16-6-4-3-5-15-28-25(32)18-11-14-24(31-27)29-17-18;8-5-6-3-1-2-4-7(6)12(9,10)11/h2,11-14,17H,1,3-10,15-16,26-27H2,(H,28,32)(H,29,31);1-5H,(H,9,10,11). The average Bonchev–Trinajstić information content (AvgIpc) is 3.06. The molecule has 3 aromatic rings. The van der Waals surface area contributed by atoms with E-state index in [1.165, 1.54) is 41.6 Å². The molecule has 1 aliphatic rings. The molecule has 1 aromatic heterocycles. The lowest BCUT2D eigenvalue weighted by Gasteiger charge is -2.23. The summed E-state index contributed by atoms with van der Waals surface area (Å²) in [6.07, 6.45) is 11.5. The Balaban J connectivity index is 0.000000385. The lowest BCUT2D eigenvalue weighted by Crippen LogP contribution is -2.24. The van der Waals surface area contributed by atoms with Crippen molar-refractivity contribution in [2.45, 2.75) is 56.3 Å². The summed E-state index contributed by atoms with van der Waals surface area (Å²) < 4.78 is 36.0. The monoisotopic (exact) mass is 636 g/mol. The van der Waals surface area contributed by atoms with Crippen LogP contribution < -0.4 is 27.2 Å². The third-order valence-corrected chi connectivity index (χ3v) is 8.08. The lowest BCUT2D eigenvalue weighted by atomic mass is 9.85. The van der Waals surface area contributed by atoms with E-state index in [0.717, 1.165) is 68.4 Å². The van der Waals surface area contributed by atoms with Crippen molar-refractivity contribution in [3.8, 4) is 5.75 Å². The number of unbranched alkanes of at least 4 members (excludes halogenated alkanes) is 3. The van der Waals surface area contributed by atoms with Crippen LogP contribution in [0.15, 0.2) is 77.4 Å². The Morgan fingerprint density at radius 1 is 1.09 bits per heavy atom. The van der Waals surface area contributed by atoms with Crippen LogP contribution in [0, 0.1) is 0 Å². The molecular weight excluding hydrogens is 596 g/mol. The van der Waals surface area contributed by atoms with Crippen LogP contribution in [0.5, 0.6) is 5.75 Å². The van der Waals surface area contributed by atoms with E-state index in [9.17, 15) is 18.0 Å². The van der Waals surface area contributed by atoms with Crippen LogP contribution in [0.1, 0.15) is 75.9 Å². The van der Waals surface area contributed by atoms with Gasteiger partial charge in [-0.25, -0.2) is 10.8 Å². The fourth-order valence-corrected chi connectivity index (χ4v) is 5.59. The Bertz CT molecular complexity index is 1590. The fraction of sp³-hybridized carbons (Fsp3) is 0.312. The van der Waals surface area contributed by atoms with Crippen LogP contribution in [0.25, 0.3) is 0 Å². The van der Waals surface area contributed by atoms with Crippen LogP contribution >= 0.6 is 0 Å². The molecule has 1 heterocycles. The maximum atomic E-state index is 12.1. The third kappa shape index (κ3) is 10.2. The number of nitrogen functional groups attached to an aromatic ring is 1. The van der Waals surface area contributed by atoms with Gasteiger partial charge >= 0.3 is 0 Å². The SMILES string of the molecule is C=CCc1c(OCCCCCCNC(=O)c2ccc(NN)nc2)ccc2c1CCCC2=NN.O=Cc1ccccc1S(=O)(=O)O. The van der Waals surface area contributed by atoms with Crippen molar-refractivity contribution in [2.24, 2.45) is 16.8 Å². The van der Waals surface area contributed by atoms with Crippen molar-refractivity contribution >= 4 is 33.8 Å². The van der Waals surface area contributed by atoms with E-state index in [1.807, 2.05) is 12.1 Å². The number of nitrogens with two attached hydrogens (primary N) is 2. The first-order valence-electron chi connectivity index (χ1n) is 14.6. The number of benzene rings is 2. The van der Waals surface area contributed by atoms with Gasteiger partial charge in [-0.2, -0.15) is 13.5 Å². The number of allylic oxidation sites excluding steroid dienone is 1. The molecule has 0 bridgehead atoms. The van der Waals surface area contributed by atoms with Gasteiger partial charge in [-0.15, -0.1) is 6.58 Å². The van der Waals surface area contributed by atoms with Crippen molar-refractivity contribution in [1.82, 2.24) is 10.3 Å². The van der Waals surface area contributed by atoms with E-state index in [-0.39, 0.29) is 16.4 Å². The number of aldehydes is 1. The number of nitrogens with zero attached hydrogens (tertiary/aromatic N) is 2. The second-order valence-electron chi connectivity index (χ2n) is 10.2. The zero-order chi connectivity index (χ0) is 32.7. The number of hydrogen-bond acceptors (Lipinski definition) is 10. The third-order valence-electron chi connectivity index (χ3n) is 7.16. The van der Waals surface area contributed by atoms with E-state index in [0.29, 0.717) is 30.8 Å². The zero-order valence-electron chi connectivity index (χ0n) is 25.1. The highest BCUT2D eigenvalue weighted by molar-refractivity contribution is 7.86. The molecule has 12 nitrogen and oxygen atoms in total. The maximum absolute atomic E-state index is 12.1. The lowest BCUT2D eigenvalue weighted by molar-refractivity contribution is 0.0952. The molecule has 1 aliphatic carbocycles. The number of hydrazone groups is 1. The molecule has 0 aliphatic heterocycles. The van der Waals surface area contributed by atoms with Gasteiger partial charge in [0.25, 0.3) is 16.0 Å². The van der Waals surface area contributed by atoms with Gasteiger partial charge in [-0.05, 0) is 74.4 Å². The first-order valence-corrected chi connectivity index (χ1v) is 16.1. The smallest absolute Gasteiger partial charge is 0.295 e. The minimum atomic E-state index is -4.28. The van der Waals surface area contributed by atoms with Gasteiger partial charge in [0.2, 0.25) is 0 Å². The Kier molecular flexibility index (Phi) is 13.7. The van der Waals surface area contributed by atoms with Crippen molar-refractivity contribution in [3.63, 3.8) is 0 Å². The van der Waals surface area contributed by atoms with Gasteiger partial charge in [0, 0.05) is 29.4 Å². The number of fused-ring (bicyclic) bond motifs is 1. The number of ether oxygens (including phenoxy) is 1. The molecule has 0 fully saturated rings. The predicted octanol–water partition coefficient (Wildman–Crippen LogP) is 4.21. The maximum Gasteiger partial charge on any atom is 0.295 e. The topological polar surface area (TPSA) is 199 Å². The molecule has 0 saturated heterocycles. The molecule has 45 heavy (non-hydrogen) atoms. The van der Waals surface area contributed by atoms with E-state index in [2.05, 4.69) is 33.5 Å². The number of aromatic nitrogens is 1. The molecule has 240 valence electrons. The molecule has 7 N–H and O–H groups in total. The van der Waals surface area contributed by atoms with Crippen LogP contribution in [-0.2, 0) is 23.0 Å². The van der Waals surface area contributed by atoms with Gasteiger partial charge in [-0.1, -0.05) is 37.1 Å². The van der Waals surface area contributed by atoms with Gasteiger partial charge in [0.05, 0.1) is 17.9 Å². The van der Waals surface area contributed by atoms with E-state index < -0.39 is 10.1 Å². The number of carbonyl (C=O) groups excluding carboxylic acids is 2. The highest BCUT2D eigenvalue weighted by atomic mass is 32.2. The number of nitrogens with one attached hydrogen (secondary N) is 2. The molecule has 13 heteroatoms. The highest BCUT2D eigenvalue weighted by Crippen LogP contribution is 2.32. The van der Waals surface area contributed by atoms with Gasteiger partial charge < -0.3 is 21.3 Å². The number of rotatable bonds is 14. The minimum Gasteiger partial charge on any atom is -0.493 e. The summed E-state index contributed by atoms with van der Waals surface area (Å²) in [5, 5.41) is 6.90. The predicted molar refractivity (Wildman–Crippen MR) is 174 cm³/mol. The van der Waals surface area contributed by atoms with Crippen LogP contribution in [0.4, 0.5) is 5.82 Å². The van der Waals surface area contributed by atoms with Crippen molar-refractivity contribution in [3.05, 3.63) is 95.2 Å². The minimum absolute atomic E-state index is 0.0417. The van der Waals surface area contributed by atoms with Gasteiger partial charge in [0.1, 0.15) is 16.5 Å². The van der Waals surface area contributed by atoms with E-state index in [4.69, 9.17) is 21.0 Å². The number of hydrogen-bond donors (Lipinski definition) is 5. The molecular formula is C32H40N6O6S. The summed E-state index contributed by atoms with van der Waals surface area (Å²) in [4.78, 5) is 26.1. The Morgan fingerprint density at radius 3 is 2.51 bits per heavy atom. The highest BCUT2D eigenvalue weighted by Gasteiger charge is 2.21. The summed E-state index contributed by atoms with van der Waals surface area (Å²) in [6.45, 7) is 5.21.